The third-order valence-corrected chi connectivity index (χ3v) is 5.68. The molecule has 0 saturated heterocycles. The Kier molecular flexibility index (Phi) is 5.22. The molecule has 2 aliphatic rings. The van der Waals surface area contributed by atoms with Gasteiger partial charge >= 0.3 is 5.97 Å². The minimum absolute atomic E-state index is 0.00203. The average Bonchev–Trinajstić information content (AvgIpc) is 2.59. The number of oxime groups is 1. The summed E-state index contributed by atoms with van der Waals surface area (Å²) in [5.41, 5.74) is 8.77. The van der Waals surface area contributed by atoms with Gasteiger partial charge in [-0.05, 0) is 42.2 Å². The highest BCUT2D eigenvalue weighted by Gasteiger charge is 2.33. The van der Waals surface area contributed by atoms with Crippen LogP contribution in [-0.4, -0.2) is 11.8 Å². The van der Waals surface area contributed by atoms with Gasteiger partial charge in [-0.2, -0.15) is 0 Å². The van der Waals surface area contributed by atoms with Crippen molar-refractivity contribution in [2.45, 2.75) is 70.1 Å². The molecule has 2 saturated carbocycles. The summed E-state index contributed by atoms with van der Waals surface area (Å²) < 4.78 is 0. The van der Waals surface area contributed by atoms with Crippen LogP contribution in [0.25, 0.3) is 0 Å². The van der Waals surface area contributed by atoms with Crippen LogP contribution < -0.4 is 5.73 Å². The quantitative estimate of drug-likeness (QED) is 0.383. The van der Waals surface area contributed by atoms with Crippen LogP contribution in [-0.2, 0) is 21.5 Å². The van der Waals surface area contributed by atoms with Crippen LogP contribution in [0, 0.1) is 5.92 Å². The maximum atomic E-state index is 12.0. The summed E-state index contributed by atoms with van der Waals surface area (Å²) in [6.45, 7) is 2.33. The second kappa shape index (κ2) is 7.37. The molecule has 4 heteroatoms. The van der Waals surface area contributed by atoms with Crippen LogP contribution in [0.5, 0.6) is 0 Å². The minimum Gasteiger partial charge on any atom is -0.384 e. The molecule has 0 radical (unpaired) electrons. The van der Waals surface area contributed by atoms with Gasteiger partial charge in [-0.25, -0.2) is 4.79 Å². The fourth-order valence-electron chi connectivity index (χ4n) is 3.78. The lowest BCUT2D eigenvalue weighted by Crippen LogP contribution is -2.30. The molecule has 1 aromatic carbocycles. The summed E-state index contributed by atoms with van der Waals surface area (Å²) in [5, 5.41) is 3.84. The van der Waals surface area contributed by atoms with Gasteiger partial charge < -0.3 is 10.6 Å². The molecule has 0 bridgehead atoms. The number of carbonyl (C=O) groups is 1. The zero-order valence-corrected chi connectivity index (χ0v) is 14.6. The number of hydrogen-bond donors (Lipinski definition) is 1. The molecule has 0 spiro atoms. The van der Waals surface area contributed by atoms with Gasteiger partial charge in [-0.15, -0.1) is 0 Å². The first-order valence-electron chi connectivity index (χ1n) is 9.19. The standard InChI is InChI=1S/C20H28N2O2/c1-20(12-5-13-20)17-10-8-15(9-11-17)14-18(21)22-24-19(23)16-6-3-2-4-7-16/h8-11,16H,2-7,12-14H2,1H3,(H2,21,22). The molecule has 130 valence electrons. The molecular formula is C20H28N2O2. The van der Waals surface area contributed by atoms with Gasteiger partial charge in [0.25, 0.3) is 0 Å². The van der Waals surface area contributed by atoms with E-state index in [9.17, 15) is 4.79 Å². The summed E-state index contributed by atoms with van der Waals surface area (Å²) in [7, 11) is 0. The number of carbonyl (C=O) groups excluding carboxylic acids is 1. The Balaban J connectivity index is 1.52. The van der Waals surface area contributed by atoms with Crippen molar-refractivity contribution < 1.29 is 9.63 Å². The number of nitrogens with zero attached hydrogens (tertiary/aromatic N) is 1. The van der Waals surface area contributed by atoms with Crippen molar-refractivity contribution >= 4 is 11.8 Å². The first-order chi connectivity index (χ1) is 11.6. The van der Waals surface area contributed by atoms with Crippen LogP contribution >= 0.6 is 0 Å². The van der Waals surface area contributed by atoms with Crippen molar-refractivity contribution in [1.29, 1.82) is 0 Å². The molecule has 0 heterocycles. The topological polar surface area (TPSA) is 64.7 Å². The summed E-state index contributed by atoms with van der Waals surface area (Å²) in [5.74, 6) is 0.116. The zero-order valence-electron chi connectivity index (χ0n) is 14.6. The van der Waals surface area contributed by atoms with Crippen LogP contribution in [0.1, 0.15) is 69.4 Å². The van der Waals surface area contributed by atoms with E-state index in [1.807, 2.05) is 0 Å². The van der Waals surface area contributed by atoms with E-state index in [0.717, 1.165) is 31.2 Å². The fraction of sp³-hybridized carbons (Fsp3) is 0.600. The van der Waals surface area contributed by atoms with Gasteiger partial charge in [0.2, 0.25) is 0 Å². The van der Waals surface area contributed by atoms with E-state index in [1.165, 1.54) is 31.2 Å². The molecule has 0 atom stereocenters. The molecule has 0 unspecified atom stereocenters. The second-order valence-electron chi connectivity index (χ2n) is 7.62. The highest BCUT2D eigenvalue weighted by Crippen LogP contribution is 2.43. The molecule has 24 heavy (non-hydrogen) atoms. The second-order valence-corrected chi connectivity index (χ2v) is 7.62. The Labute approximate surface area is 144 Å². The predicted octanol–water partition coefficient (Wildman–Crippen LogP) is 4.07. The number of rotatable bonds is 5. The molecule has 2 fully saturated rings. The van der Waals surface area contributed by atoms with E-state index in [-0.39, 0.29) is 11.9 Å². The molecule has 0 aliphatic heterocycles. The van der Waals surface area contributed by atoms with Crippen LogP contribution in [0.2, 0.25) is 0 Å². The van der Waals surface area contributed by atoms with E-state index >= 15 is 0 Å². The summed E-state index contributed by atoms with van der Waals surface area (Å²) in [6.07, 6.45) is 9.61. The average molecular weight is 328 g/mol. The highest BCUT2D eigenvalue weighted by molar-refractivity contribution is 5.83. The molecular weight excluding hydrogens is 300 g/mol. The van der Waals surface area contributed by atoms with Gasteiger partial charge in [0.05, 0.1) is 5.92 Å². The highest BCUT2D eigenvalue weighted by atomic mass is 16.7. The van der Waals surface area contributed by atoms with Crippen molar-refractivity contribution in [3.8, 4) is 0 Å². The summed E-state index contributed by atoms with van der Waals surface area (Å²) >= 11 is 0. The molecule has 4 nitrogen and oxygen atoms in total. The maximum absolute atomic E-state index is 12.0. The van der Waals surface area contributed by atoms with E-state index in [0.29, 0.717) is 17.7 Å². The normalized spacial score (nSPS) is 21.1. The van der Waals surface area contributed by atoms with E-state index in [1.54, 1.807) is 0 Å². The monoisotopic (exact) mass is 328 g/mol. The zero-order chi connectivity index (χ0) is 17.0. The number of amidine groups is 1. The van der Waals surface area contributed by atoms with E-state index in [4.69, 9.17) is 10.6 Å². The van der Waals surface area contributed by atoms with Gasteiger partial charge in [0.1, 0.15) is 5.84 Å². The van der Waals surface area contributed by atoms with Crippen molar-refractivity contribution in [2.75, 3.05) is 0 Å². The van der Waals surface area contributed by atoms with Crippen LogP contribution in [0.4, 0.5) is 0 Å². The fourth-order valence-corrected chi connectivity index (χ4v) is 3.78. The van der Waals surface area contributed by atoms with Crippen molar-refractivity contribution in [2.24, 2.45) is 16.8 Å². The lowest BCUT2D eigenvalue weighted by atomic mass is 9.66. The summed E-state index contributed by atoms with van der Waals surface area (Å²) in [6, 6.07) is 8.58. The van der Waals surface area contributed by atoms with Crippen LogP contribution in [0.15, 0.2) is 29.4 Å². The van der Waals surface area contributed by atoms with Gasteiger partial charge in [-0.1, -0.05) is 62.0 Å². The third kappa shape index (κ3) is 3.97. The van der Waals surface area contributed by atoms with E-state index in [2.05, 4.69) is 36.3 Å². The number of hydrogen-bond acceptors (Lipinski definition) is 3. The first kappa shape index (κ1) is 17.0. The van der Waals surface area contributed by atoms with Gasteiger partial charge in [0.15, 0.2) is 0 Å². The molecule has 0 amide bonds. The Hall–Kier alpha value is -1.84. The third-order valence-electron chi connectivity index (χ3n) is 5.68. The minimum atomic E-state index is -0.231. The van der Waals surface area contributed by atoms with Gasteiger partial charge in [0, 0.05) is 6.42 Å². The summed E-state index contributed by atoms with van der Waals surface area (Å²) in [4.78, 5) is 17.0. The molecule has 2 aliphatic carbocycles. The maximum Gasteiger partial charge on any atom is 0.338 e. The number of nitrogens with two attached hydrogens (primary N) is 1. The molecule has 3 rings (SSSR count). The van der Waals surface area contributed by atoms with Crippen LogP contribution in [0.3, 0.4) is 0 Å². The largest absolute Gasteiger partial charge is 0.384 e. The van der Waals surface area contributed by atoms with E-state index < -0.39 is 0 Å². The molecule has 2 N–H and O–H groups in total. The lowest BCUT2D eigenvalue weighted by molar-refractivity contribution is -0.149. The van der Waals surface area contributed by atoms with Crippen molar-refractivity contribution in [1.82, 2.24) is 0 Å². The van der Waals surface area contributed by atoms with Crippen molar-refractivity contribution in [3.63, 3.8) is 0 Å². The Morgan fingerprint density at radius 2 is 1.83 bits per heavy atom. The SMILES string of the molecule is CC1(c2ccc(C/C(N)=N/OC(=O)C3CCCCC3)cc2)CCC1. The Morgan fingerprint density at radius 3 is 2.42 bits per heavy atom. The Morgan fingerprint density at radius 1 is 1.17 bits per heavy atom. The first-order valence-corrected chi connectivity index (χ1v) is 9.19. The number of benzene rings is 1. The predicted molar refractivity (Wildman–Crippen MR) is 95.6 cm³/mol. The van der Waals surface area contributed by atoms with Gasteiger partial charge in [-0.3, -0.25) is 0 Å². The molecule has 0 aromatic heterocycles. The molecule has 1 aromatic rings. The Bertz CT molecular complexity index is 597. The van der Waals surface area contributed by atoms with Crippen molar-refractivity contribution in [3.05, 3.63) is 35.4 Å². The smallest absolute Gasteiger partial charge is 0.338 e. The lowest BCUT2D eigenvalue weighted by Gasteiger charge is -2.39.